The first-order valence-corrected chi connectivity index (χ1v) is 6.37. The van der Waals surface area contributed by atoms with Gasteiger partial charge >= 0.3 is 0 Å². The minimum Gasteiger partial charge on any atom is -0.373 e. The van der Waals surface area contributed by atoms with Crippen molar-refractivity contribution in [2.24, 2.45) is 0 Å². The predicted molar refractivity (Wildman–Crippen MR) is 80.3 cm³/mol. The van der Waals surface area contributed by atoms with Crippen LogP contribution in [0.2, 0.25) is 0 Å². The highest BCUT2D eigenvalue weighted by Gasteiger charge is 2.09. The summed E-state index contributed by atoms with van der Waals surface area (Å²) < 4.78 is 0. The Morgan fingerprint density at radius 1 is 0.842 bits per heavy atom. The second kappa shape index (κ2) is 5.26. The third-order valence-electron chi connectivity index (χ3n) is 3.54. The zero-order chi connectivity index (χ0) is 14.0. The highest BCUT2D eigenvalue weighted by atomic mass is 15.1. The molecule has 2 aromatic rings. The Balaban J connectivity index is 2.43. The molecular weight excluding hydrogens is 236 g/mol. The average molecular weight is 256 g/mol. The maximum absolute atomic E-state index is 4.26. The fourth-order valence-electron chi connectivity index (χ4n) is 2.09. The van der Waals surface area contributed by atoms with Crippen molar-refractivity contribution in [2.45, 2.75) is 27.7 Å². The zero-order valence-electron chi connectivity index (χ0n) is 12.1. The Morgan fingerprint density at radius 3 is 2.00 bits per heavy atom. The monoisotopic (exact) mass is 256 g/mol. The maximum Gasteiger partial charge on any atom is 0.135 e. The molecule has 0 unspecified atom stereocenters. The standard InChI is InChI=1S/C15H20N4/c1-9-6-10(2)12(4)15(11(9)3)19-14-7-13(16-5)17-8-18-14/h6-8H,1-5H3,(H2,16,17,18,19). The Labute approximate surface area is 114 Å². The number of hydrogen-bond acceptors (Lipinski definition) is 4. The number of hydrogen-bond donors (Lipinski definition) is 2. The predicted octanol–water partition coefficient (Wildman–Crippen LogP) is 3.50. The van der Waals surface area contributed by atoms with Crippen LogP contribution in [0.15, 0.2) is 18.5 Å². The van der Waals surface area contributed by atoms with E-state index in [4.69, 9.17) is 0 Å². The molecule has 0 aliphatic carbocycles. The minimum atomic E-state index is 0.801. The molecular formula is C15H20N4. The van der Waals surface area contributed by atoms with Crippen molar-refractivity contribution in [1.82, 2.24) is 9.97 Å². The number of anilines is 3. The highest BCUT2D eigenvalue weighted by molar-refractivity contribution is 5.68. The van der Waals surface area contributed by atoms with Crippen LogP contribution < -0.4 is 10.6 Å². The van der Waals surface area contributed by atoms with Crippen LogP contribution in [0.1, 0.15) is 22.3 Å². The van der Waals surface area contributed by atoms with Gasteiger partial charge in [-0.3, -0.25) is 0 Å². The number of benzene rings is 1. The van der Waals surface area contributed by atoms with Gasteiger partial charge in [-0.1, -0.05) is 6.07 Å². The van der Waals surface area contributed by atoms with Crippen molar-refractivity contribution < 1.29 is 0 Å². The molecule has 100 valence electrons. The molecule has 2 rings (SSSR count). The van der Waals surface area contributed by atoms with Crippen LogP contribution >= 0.6 is 0 Å². The first-order valence-electron chi connectivity index (χ1n) is 6.37. The lowest BCUT2D eigenvalue weighted by atomic mass is 9.99. The molecule has 0 radical (unpaired) electrons. The molecule has 1 heterocycles. The van der Waals surface area contributed by atoms with Gasteiger partial charge in [-0.25, -0.2) is 9.97 Å². The van der Waals surface area contributed by atoms with Gasteiger partial charge in [-0.2, -0.15) is 0 Å². The Morgan fingerprint density at radius 2 is 1.42 bits per heavy atom. The van der Waals surface area contributed by atoms with E-state index in [1.807, 2.05) is 13.1 Å². The second-order valence-electron chi connectivity index (χ2n) is 4.80. The number of nitrogens with zero attached hydrogens (tertiary/aromatic N) is 2. The Bertz CT molecular complexity index is 579. The maximum atomic E-state index is 4.26. The molecule has 4 heteroatoms. The summed E-state index contributed by atoms with van der Waals surface area (Å²) in [6.07, 6.45) is 1.56. The van der Waals surface area contributed by atoms with E-state index in [1.54, 1.807) is 6.33 Å². The van der Waals surface area contributed by atoms with Crippen molar-refractivity contribution in [3.8, 4) is 0 Å². The van der Waals surface area contributed by atoms with Crippen molar-refractivity contribution in [3.63, 3.8) is 0 Å². The summed E-state index contributed by atoms with van der Waals surface area (Å²) >= 11 is 0. The molecule has 4 nitrogen and oxygen atoms in total. The summed E-state index contributed by atoms with van der Waals surface area (Å²) in [4.78, 5) is 8.38. The van der Waals surface area contributed by atoms with Gasteiger partial charge in [0.2, 0.25) is 0 Å². The van der Waals surface area contributed by atoms with Gasteiger partial charge in [0.1, 0.15) is 18.0 Å². The van der Waals surface area contributed by atoms with Crippen LogP contribution in [0.4, 0.5) is 17.3 Å². The van der Waals surface area contributed by atoms with E-state index in [0.29, 0.717) is 0 Å². The molecule has 19 heavy (non-hydrogen) atoms. The van der Waals surface area contributed by atoms with Gasteiger partial charge in [0.15, 0.2) is 0 Å². The van der Waals surface area contributed by atoms with E-state index in [0.717, 1.165) is 17.3 Å². The van der Waals surface area contributed by atoms with E-state index < -0.39 is 0 Å². The van der Waals surface area contributed by atoms with E-state index >= 15 is 0 Å². The van der Waals surface area contributed by atoms with Crippen molar-refractivity contribution in [1.29, 1.82) is 0 Å². The van der Waals surface area contributed by atoms with Crippen LogP contribution in [-0.4, -0.2) is 17.0 Å². The molecule has 0 atom stereocenters. The molecule has 1 aromatic carbocycles. The molecule has 0 amide bonds. The number of aromatic nitrogens is 2. The van der Waals surface area contributed by atoms with Gasteiger partial charge in [-0.15, -0.1) is 0 Å². The molecule has 0 fully saturated rings. The molecule has 0 saturated carbocycles. The molecule has 0 aliphatic rings. The largest absolute Gasteiger partial charge is 0.373 e. The van der Waals surface area contributed by atoms with Crippen LogP contribution in [0.3, 0.4) is 0 Å². The summed E-state index contributed by atoms with van der Waals surface area (Å²) in [7, 11) is 1.85. The normalized spacial score (nSPS) is 10.4. The zero-order valence-corrected chi connectivity index (χ0v) is 12.1. The molecule has 0 spiro atoms. The minimum absolute atomic E-state index is 0.801. The topological polar surface area (TPSA) is 49.8 Å². The average Bonchev–Trinajstić information content (AvgIpc) is 2.41. The second-order valence-corrected chi connectivity index (χ2v) is 4.80. The summed E-state index contributed by atoms with van der Waals surface area (Å²) in [5, 5.41) is 6.42. The van der Waals surface area contributed by atoms with Gasteiger partial charge < -0.3 is 10.6 Å². The van der Waals surface area contributed by atoms with Crippen LogP contribution in [0.5, 0.6) is 0 Å². The van der Waals surface area contributed by atoms with Crippen molar-refractivity contribution >= 4 is 17.3 Å². The molecule has 0 aliphatic heterocycles. The van der Waals surface area contributed by atoms with Crippen LogP contribution in [0.25, 0.3) is 0 Å². The first kappa shape index (κ1) is 13.3. The fraction of sp³-hybridized carbons (Fsp3) is 0.333. The van der Waals surface area contributed by atoms with E-state index in [2.05, 4.69) is 54.4 Å². The lowest BCUT2D eigenvalue weighted by Gasteiger charge is -2.16. The number of aryl methyl sites for hydroxylation is 2. The van der Waals surface area contributed by atoms with Crippen molar-refractivity contribution in [3.05, 3.63) is 40.7 Å². The summed E-state index contributed by atoms with van der Waals surface area (Å²) in [6, 6.07) is 4.12. The van der Waals surface area contributed by atoms with Gasteiger partial charge in [0, 0.05) is 18.8 Å². The van der Waals surface area contributed by atoms with Gasteiger partial charge in [0.25, 0.3) is 0 Å². The van der Waals surface area contributed by atoms with Crippen LogP contribution in [-0.2, 0) is 0 Å². The van der Waals surface area contributed by atoms with Gasteiger partial charge in [-0.05, 0) is 49.9 Å². The smallest absolute Gasteiger partial charge is 0.135 e. The lowest BCUT2D eigenvalue weighted by Crippen LogP contribution is -2.03. The molecule has 1 aromatic heterocycles. The van der Waals surface area contributed by atoms with Crippen LogP contribution in [0, 0.1) is 27.7 Å². The lowest BCUT2D eigenvalue weighted by molar-refractivity contribution is 1.15. The Kier molecular flexibility index (Phi) is 3.69. The van der Waals surface area contributed by atoms with Gasteiger partial charge in [0.05, 0.1) is 0 Å². The SMILES string of the molecule is CNc1cc(Nc2c(C)c(C)cc(C)c2C)ncn1. The first-order chi connectivity index (χ1) is 9.02. The number of rotatable bonds is 3. The fourth-order valence-corrected chi connectivity index (χ4v) is 2.09. The Hall–Kier alpha value is -2.10. The summed E-state index contributed by atoms with van der Waals surface area (Å²) in [5.41, 5.74) is 6.22. The summed E-state index contributed by atoms with van der Waals surface area (Å²) in [6.45, 7) is 8.52. The quantitative estimate of drug-likeness (QED) is 0.882. The molecule has 0 saturated heterocycles. The van der Waals surface area contributed by atoms with Crippen molar-refractivity contribution in [2.75, 3.05) is 17.7 Å². The third-order valence-corrected chi connectivity index (χ3v) is 3.54. The summed E-state index contributed by atoms with van der Waals surface area (Å²) in [5.74, 6) is 1.60. The van der Waals surface area contributed by atoms with E-state index in [-0.39, 0.29) is 0 Å². The molecule has 0 bridgehead atoms. The van der Waals surface area contributed by atoms with E-state index in [1.165, 1.54) is 22.3 Å². The van der Waals surface area contributed by atoms with E-state index in [9.17, 15) is 0 Å². The molecule has 2 N–H and O–H groups in total. The number of nitrogens with one attached hydrogen (secondary N) is 2. The highest BCUT2D eigenvalue weighted by Crippen LogP contribution is 2.29. The third kappa shape index (κ3) is 2.67.